The van der Waals surface area contributed by atoms with Crippen LogP contribution >= 0.6 is 39.5 Å². The molecular weight excluding hydrogens is 464 g/mol. The van der Waals surface area contributed by atoms with Crippen LogP contribution in [0.5, 0.6) is 0 Å². The molecule has 2 heterocycles. The van der Waals surface area contributed by atoms with E-state index in [2.05, 4.69) is 31.4 Å². The van der Waals surface area contributed by atoms with E-state index < -0.39 is 18.1 Å². The van der Waals surface area contributed by atoms with Gasteiger partial charge in [-0.05, 0) is 48.3 Å². The van der Waals surface area contributed by atoms with Crippen molar-refractivity contribution in [3.63, 3.8) is 0 Å². The number of methoxy groups -OCH3 is 1. The highest BCUT2D eigenvalue weighted by Crippen LogP contribution is 2.26. The number of ether oxygens (including phenoxy) is 1. The first-order chi connectivity index (χ1) is 13.4. The third-order valence-electron chi connectivity index (χ3n) is 4.14. The maximum absolute atomic E-state index is 13.0. The molecule has 2 atom stereocenters. The van der Waals surface area contributed by atoms with Gasteiger partial charge in [0.2, 0.25) is 5.91 Å². The van der Waals surface area contributed by atoms with Gasteiger partial charge in [0.1, 0.15) is 6.04 Å². The van der Waals surface area contributed by atoms with Crippen LogP contribution in [0.25, 0.3) is 10.7 Å². The third-order valence-corrected chi connectivity index (χ3v) is 5.82. The topological polar surface area (TPSA) is 89.0 Å². The molecule has 0 bridgehead atoms. The molecule has 0 fully saturated rings. The van der Waals surface area contributed by atoms with E-state index in [-0.39, 0.29) is 5.91 Å². The first-order valence-electron chi connectivity index (χ1n) is 8.26. The van der Waals surface area contributed by atoms with Gasteiger partial charge in [-0.3, -0.25) is 14.5 Å². The summed E-state index contributed by atoms with van der Waals surface area (Å²) in [4.78, 5) is 26.1. The molecule has 0 aliphatic carbocycles. The molecule has 28 heavy (non-hydrogen) atoms. The molecule has 3 rings (SSSR count). The Morgan fingerprint density at radius 1 is 1.32 bits per heavy atom. The largest absolute Gasteiger partial charge is 0.467 e. The number of hydrogen-bond acceptors (Lipinski definition) is 6. The van der Waals surface area contributed by atoms with Crippen molar-refractivity contribution >= 4 is 51.4 Å². The highest BCUT2D eigenvalue weighted by molar-refractivity contribution is 9.10. The van der Waals surface area contributed by atoms with E-state index in [1.165, 1.54) is 18.4 Å². The van der Waals surface area contributed by atoms with Crippen molar-refractivity contribution in [1.29, 1.82) is 0 Å². The molecule has 3 aromatic rings. The molecule has 1 amide bonds. The van der Waals surface area contributed by atoms with Crippen LogP contribution in [-0.2, 0) is 14.3 Å². The van der Waals surface area contributed by atoms with Gasteiger partial charge < -0.3 is 10.1 Å². The van der Waals surface area contributed by atoms with Crippen LogP contribution in [-0.4, -0.2) is 33.8 Å². The van der Waals surface area contributed by atoms with Crippen molar-refractivity contribution < 1.29 is 14.3 Å². The molecule has 1 aromatic carbocycles. The lowest BCUT2D eigenvalue weighted by Crippen LogP contribution is -2.38. The van der Waals surface area contributed by atoms with Crippen LogP contribution < -0.4 is 5.32 Å². The lowest BCUT2D eigenvalue weighted by molar-refractivity contribution is -0.145. The summed E-state index contributed by atoms with van der Waals surface area (Å²) in [6, 6.07) is 9.26. The molecule has 0 saturated carbocycles. The summed E-state index contributed by atoms with van der Waals surface area (Å²) in [6.45, 7) is 1.70. The fourth-order valence-corrected chi connectivity index (χ4v) is 3.94. The van der Waals surface area contributed by atoms with Crippen LogP contribution in [0.4, 0.5) is 0 Å². The van der Waals surface area contributed by atoms with Gasteiger partial charge in [-0.25, -0.2) is 4.79 Å². The zero-order chi connectivity index (χ0) is 20.3. The number of nitrogens with zero attached hydrogens (tertiary/aromatic N) is 2. The smallest absolute Gasteiger partial charge is 0.333 e. The Labute approximate surface area is 178 Å². The van der Waals surface area contributed by atoms with Gasteiger partial charge in [-0.2, -0.15) is 5.10 Å². The molecule has 0 radical (unpaired) electrons. The van der Waals surface area contributed by atoms with Crippen LogP contribution in [0.2, 0.25) is 0 Å². The molecule has 0 aliphatic heterocycles. The Kier molecular flexibility index (Phi) is 6.42. The van der Waals surface area contributed by atoms with E-state index in [0.29, 0.717) is 16.2 Å². The SMILES string of the molecule is COC(=O)C(NC(=O)C(C)n1c(-c2cccs2)n[nH]c1=S)c1ccc(Br)cc1. The molecule has 2 aromatic heterocycles. The van der Waals surface area contributed by atoms with E-state index in [0.717, 1.165) is 9.35 Å². The van der Waals surface area contributed by atoms with Gasteiger partial charge >= 0.3 is 5.97 Å². The van der Waals surface area contributed by atoms with Crippen LogP contribution in [0, 0.1) is 4.77 Å². The summed E-state index contributed by atoms with van der Waals surface area (Å²) >= 11 is 10.2. The highest BCUT2D eigenvalue weighted by Gasteiger charge is 2.28. The quantitative estimate of drug-likeness (QED) is 0.410. The number of hydrogen-bond donors (Lipinski definition) is 2. The minimum Gasteiger partial charge on any atom is -0.467 e. The van der Waals surface area contributed by atoms with Crippen molar-refractivity contribution in [3.8, 4) is 10.7 Å². The molecule has 10 heteroatoms. The van der Waals surface area contributed by atoms with E-state index in [9.17, 15) is 9.59 Å². The fraction of sp³-hybridized carbons (Fsp3) is 0.222. The number of nitrogens with one attached hydrogen (secondary N) is 2. The molecule has 0 spiro atoms. The second-order valence-corrected chi connectivity index (χ2v) is 8.14. The van der Waals surface area contributed by atoms with E-state index in [4.69, 9.17) is 17.0 Å². The van der Waals surface area contributed by atoms with Crippen molar-refractivity contribution in [2.45, 2.75) is 19.0 Å². The number of carbonyl (C=O) groups is 2. The maximum Gasteiger partial charge on any atom is 0.333 e. The Hall–Kier alpha value is -2.30. The predicted octanol–water partition coefficient (Wildman–Crippen LogP) is 4.02. The number of aromatic nitrogens is 3. The molecule has 7 nitrogen and oxygen atoms in total. The highest BCUT2D eigenvalue weighted by atomic mass is 79.9. The minimum atomic E-state index is -0.931. The summed E-state index contributed by atoms with van der Waals surface area (Å²) < 4.78 is 7.69. The van der Waals surface area contributed by atoms with E-state index in [1.807, 2.05) is 17.5 Å². The van der Waals surface area contributed by atoms with Gasteiger partial charge in [-0.1, -0.05) is 34.1 Å². The molecule has 2 unspecified atom stereocenters. The zero-order valence-corrected chi connectivity index (χ0v) is 18.2. The second-order valence-electron chi connectivity index (χ2n) is 5.89. The lowest BCUT2D eigenvalue weighted by atomic mass is 10.1. The lowest BCUT2D eigenvalue weighted by Gasteiger charge is -2.21. The van der Waals surface area contributed by atoms with Gasteiger partial charge in [0.15, 0.2) is 16.6 Å². The molecular formula is C18H17BrN4O3S2. The molecule has 0 saturated heterocycles. The summed E-state index contributed by atoms with van der Waals surface area (Å²) in [5.41, 5.74) is 0.616. The number of aromatic amines is 1. The number of halogens is 1. The van der Waals surface area contributed by atoms with Crippen LogP contribution in [0.3, 0.4) is 0 Å². The van der Waals surface area contributed by atoms with Crippen LogP contribution in [0.15, 0.2) is 46.3 Å². The Morgan fingerprint density at radius 2 is 2.04 bits per heavy atom. The van der Waals surface area contributed by atoms with Crippen molar-refractivity contribution in [1.82, 2.24) is 20.1 Å². The molecule has 0 aliphatic rings. The Bertz CT molecular complexity index is 1030. The fourth-order valence-electron chi connectivity index (χ4n) is 2.68. The normalized spacial score (nSPS) is 13.0. The Balaban J connectivity index is 1.89. The number of amides is 1. The monoisotopic (exact) mass is 480 g/mol. The number of rotatable bonds is 6. The number of H-pyrrole nitrogens is 1. The number of benzene rings is 1. The average molecular weight is 481 g/mol. The third kappa shape index (κ3) is 4.23. The summed E-state index contributed by atoms with van der Waals surface area (Å²) in [7, 11) is 1.28. The van der Waals surface area contributed by atoms with Crippen molar-refractivity contribution in [2.75, 3.05) is 7.11 Å². The summed E-state index contributed by atoms with van der Waals surface area (Å²) in [5, 5.41) is 11.6. The first kappa shape index (κ1) is 20.4. The maximum atomic E-state index is 13.0. The standard InChI is InChI=1S/C18H17BrN4O3S2/c1-10(23-15(21-22-18(23)27)13-4-3-9-28-13)16(24)20-14(17(25)26-2)11-5-7-12(19)8-6-11/h3-10,14H,1-2H3,(H,20,24)(H,22,27). The summed E-state index contributed by atoms with van der Waals surface area (Å²) in [6.07, 6.45) is 0. The second kappa shape index (κ2) is 8.80. The van der Waals surface area contributed by atoms with Gasteiger partial charge in [0, 0.05) is 4.47 Å². The predicted molar refractivity (Wildman–Crippen MR) is 112 cm³/mol. The minimum absolute atomic E-state index is 0.323. The number of carbonyl (C=O) groups excluding carboxylic acids is 2. The number of thiophene rings is 1. The first-order valence-corrected chi connectivity index (χ1v) is 10.3. The van der Waals surface area contributed by atoms with E-state index >= 15 is 0 Å². The number of esters is 1. The van der Waals surface area contributed by atoms with Gasteiger partial charge in [-0.15, -0.1) is 11.3 Å². The van der Waals surface area contributed by atoms with E-state index in [1.54, 1.807) is 35.8 Å². The van der Waals surface area contributed by atoms with Crippen molar-refractivity contribution in [3.05, 3.63) is 56.6 Å². The van der Waals surface area contributed by atoms with Crippen molar-refractivity contribution in [2.24, 2.45) is 0 Å². The zero-order valence-electron chi connectivity index (χ0n) is 15.0. The molecule has 2 N–H and O–H groups in total. The molecule has 146 valence electrons. The summed E-state index contributed by atoms with van der Waals surface area (Å²) in [5.74, 6) is -0.369. The van der Waals surface area contributed by atoms with Gasteiger partial charge in [0.25, 0.3) is 0 Å². The van der Waals surface area contributed by atoms with Crippen LogP contribution in [0.1, 0.15) is 24.6 Å². The average Bonchev–Trinajstić information content (AvgIpc) is 3.35. The Morgan fingerprint density at radius 3 is 2.64 bits per heavy atom. The van der Waals surface area contributed by atoms with Gasteiger partial charge in [0.05, 0.1) is 12.0 Å².